The fraction of sp³-hybridized carbons (Fsp3) is 0.0385. The molecule has 0 saturated heterocycles. The Morgan fingerprint density at radius 1 is 0.242 bits per heavy atom. The number of hydrogen-bond acceptors (Lipinski definition) is 12. The molecule has 120 heavy (non-hydrogen) atoms. The lowest BCUT2D eigenvalue weighted by Crippen LogP contribution is -2.29. The van der Waals surface area contributed by atoms with E-state index < -0.39 is 58.1 Å². The first-order chi connectivity index (χ1) is 58.3. The van der Waals surface area contributed by atoms with Gasteiger partial charge in [-0.15, -0.1) is 25.7 Å². The SMILES string of the molecule is C#Cc1cccc(N2C(=O)c3ccc(Oc4ccc(C(C)(C)c5ccc(Oc6ccc7c(c6)C(=O)N(c6cccc(C#C)c6)C7=O)cc5)cc4)cc3C2=O)c1.C#Cc1cccc(N2C(=O)c3ccc(Oc4ccc(C5(c6ccc(Oc7ccc8c(c7)C(=O)N(c7cccc(C#C)c7)C8=O)cc6)c6ccccc6-c6ccccc65)cc4)cc3C2=O)c1. The lowest BCUT2D eigenvalue weighted by Gasteiger charge is -2.34. The van der Waals surface area contributed by atoms with E-state index in [4.69, 9.17) is 44.6 Å². The predicted octanol–water partition coefficient (Wildman–Crippen LogP) is 20.4. The van der Waals surface area contributed by atoms with E-state index in [1.807, 2.05) is 97.1 Å². The fourth-order valence-electron chi connectivity index (χ4n) is 16.2. The van der Waals surface area contributed by atoms with E-state index in [1.165, 1.54) is 0 Å². The van der Waals surface area contributed by atoms with Crippen LogP contribution in [0.25, 0.3) is 11.1 Å². The summed E-state index contributed by atoms with van der Waals surface area (Å²) in [5, 5.41) is 0. The standard InChI is InChI=1S/C57H32N2O6.C47H30N2O6/c1-3-35-11-9-13-39(31-35)58-53(60)47-29-27-43(33-49(47)55(58)62)64-41-23-19-37(20-24-41)57(51-17-7-5-15-45(51)46-16-6-8-18-52(46)57)38-21-25-42(26-22-38)65-44-28-30-48-50(34-44)56(63)59(54(48)61)40-14-10-12-36(4-2)32-40;1-5-29-9-7-11-33(25-29)48-43(50)39-23-21-37(27-41(39)45(48)52)54-35-17-13-31(14-18-35)47(3,4)32-15-19-36(20-16-32)55-38-22-24-40-42(28-38)46(53)49(44(40)51)34-12-8-10-30(6-2)26-34/h1-2,5-34H;1-2,7-28H,3-4H3. The molecule has 0 radical (unpaired) electrons. The molecule has 4 aliphatic heterocycles. The molecule has 0 spiro atoms. The Labute approximate surface area is 689 Å². The minimum atomic E-state index is -0.731. The quantitative estimate of drug-likeness (QED) is 0.0659. The summed E-state index contributed by atoms with van der Waals surface area (Å²) in [4.78, 5) is 111. The first kappa shape index (κ1) is 74.5. The van der Waals surface area contributed by atoms with Crippen molar-refractivity contribution >= 4 is 70.0 Å². The Bertz CT molecular complexity index is 6540. The Kier molecular flexibility index (Phi) is 18.5. The molecular formula is C104H62N4O12. The normalized spacial score (nSPS) is 13.7. The van der Waals surface area contributed by atoms with Crippen LogP contribution in [0.5, 0.6) is 46.0 Å². The highest BCUT2D eigenvalue weighted by Gasteiger charge is 2.47. The molecule has 5 aliphatic rings. The summed E-state index contributed by atoms with van der Waals surface area (Å²) in [6.45, 7) is 4.22. The van der Waals surface area contributed by atoms with Crippen LogP contribution in [-0.2, 0) is 10.8 Å². The highest BCUT2D eigenvalue weighted by Crippen LogP contribution is 2.57. The third kappa shape index (κ3) is 12.8. The number of rotatable bonds is 16. The second-order valence-corrected chi connectivity index (χ2v) is 29.4. The van der Waals surface area contributed by atoms with Crippen molar-refractivity contribution in [2.45, 2.75) is 24.7 Å². The van der Waals surface area contributed by atoms with E-state index >= 15 is 0 Å². The highest BCUT2D eigenvalue weighted by molar-refractivity contribution is 6.37. The van der Waals surface area contributed by atoms with Crippen molar-refractivity contribution in [2.24, 2.45) is 0 Å². The summed E-state index contributed by atoms with van der Waals surface area (Å²) >= 11 is 0. The molecule has 0 N–H and O–H groups in total. The van der Waals surface area contributed by atoms with Crippen LogP contribution in [-0.4, -0.2) is 47.3 Å². The molecule has 570 valence electrons. The van der Waals surface area contributed by atoms with Gasteiger partial charge in [0.15, 0.2) is 0 Å². The first-order valence-corrected chi connectivity index (χ1v) is 38.0. The summed E-state index contributed by atoms with van der Waals surface area (Å²) in [5.74, 6) is 10.6. The zero-order valence-corrected chi connectivity index (χ0v) is 64.0. The van der Waals surface area contributed by atoms with Gasteiger partial charge in [-0.1, -0.05) is 159 Å². The van der Waals surface area contributed by atoms with E-state index in [0.717, 1.165) is 64.1 Å². The summed E-state index contributed by atoms with van der Waals surface area (Å²) < 4.78 is 24.9. The van der Waals surface area contributed by atoms with E-state index in [0.29, 0.717) is 102 Å². The van der Waals surface area contributed by atoms with E-state index in [-0.39, 0.29) is 33.4 Å². The monoisotopic (exact) mass is 1560 g/mol. The molecule has 8 amide bonds. The van der Waals surface area contributed by atoms with Gasteiger partial charge in [-0.05, 0) is 239 Å². The summed E-state index contributed by atoms with van der Waals surface area (Å²) in [6.07, 6.45) is 22.2. The Hall–Kier alpha value is -16.9. The number of carbonyl (C=O) groups excluding carboxylic acids is 8. The molecule has 0 atom stereocenters. The third-order valence-electron chi connectivity index (χ3n) is 22.1. The number of carbonyl (C=O) groups is 8. The Morgan fingerprint density at radius 2 is 0.475 bits per heavy atom. The second kappa shape index (κ2) is 29.8. The van der Waals surface area contributed by atoms with E-state index in [1.54, 1.807) is 170 Å². The molecule has 14 aromatic carbocycles. The van der Waals surface area contributed by atoms with E-state index in [2.05, 4.69) is 86.1 Å². The van der Waals surface area contributed by atoms with E-state index in [9.17, 15) is 38.4 Å². The van der Waals surface area contributed by atoms with Crippen molar-refractivity contribution in [2.75, 3.05) is 19.6 Å². The first-order valence-electron chi connectivity index (χ1n) is 38.0. The van der Waals surface area contributed by atoms with Gasteiger partial charge in [0, 0.05) is 27.7 Å². The number of anilines is 4. The van der Waals surface area contributed by atoms with Gasteiger partial charge >= 0.3 is 0 Å². The highest BCUT2D eigenvalue weighted by atomic mass is 16.5. The van der Waals surface area contributed by atoms with Crippen molar-refractivity contribution in [3.63, 3.8) is 0 Å². The summed E-state index contributed by atoms with van der Waals surface area (Å²) in [6, 6.07) is 94.5. The van der Waals surface area contributed by atoms with Crippen molar-refractivity contribution in [1.29, 1.82) is 0 Å². The number of imide groups is 4. The molecule has 14 aromatic rings. The number of benzene rings is 14. The maximum atomic E-state index is 13.6. The van der Waals surface area contributed by atoms with Gasteiger partial charge in [-0.3, -0.25) is 38.4 Å². The predicted molar refractivity (Wildman–Crippen MR) is 457 cm³/mol. The van der Waals surface area contributed by atoms with Crippen LogP contribution in [0, 0.1) is 49.4 Å². The molecule has 16 nitrogen and oxygen atoms in total. The number of nitrogens with zero attached hydrogens (tertiary/aromatic N) is 4. The molecule has 0 unspecified atom stereocenters. The Morgan fingerprint density at radius 3 is 0.733 bits per heavy atom. The van der Waals surface area contributed by atoms with Gasteiger partial charge in [0.1, 0.15) is 46.0 Å². The number of ether oxygens (including phenoxy) is 4. The molecule has 0 saturated carbocycles. The summed E-state index contributed by atoms with van der Waals surface area (Å²) in [7, 11) is 0. The van der Waals surface area contributed by atoms with Crippen LogP contribution in [0.15, 0.2) is 315 Å². The smallest absolute Gasteiger partial charge is 0.266 e. The molecule has 0 fully saturated rings. The van der Waals surface area contributed by atoms with Crippen molar-refractivity contribution in [3.05, 3.63) is 416 Å². The van der Waals surface area contributed by atoms with Gasteiger partial charge in [0.25, 0.3) is 47.3 Å². The van der Waals surface area contributed by atoms with Crippen molar-refractivity contribution in [1.82, 2.24) is 0 Å². The third-order valence-corrected chi connectivity index (χ3v) is 22.1. The van der Waals surface area contributed by atoms with Crippen LogP contribution in [0.2, 0.25) is 0 Å². The maximum absolute atomic E-state index is 13.6. The molecule has 0 aromatic heterocycles. The molecule has 19 rings (SSSR count). The largest absolute Gasteiger partial charge is 0.457 e. The topological polar surface area (TPSA) is 186 Å². The minimum Gasteiger partial charge on any atom is -0.457 e. The number of amides is 8. The molecule has 0 bridgehead atoms. The Balaban J connectivity index is 0.000000167. The van der Waals surface area contributed by atoms with Crippen molar-refractivity contribution < 1.29 is 57.3 Å². The average molecular weight is 1560 g/mol. The van der Waals surface area contributed by atoms with Gasteiger partial charge in [0.05, 0.1) is 72.7 Å². The minimum absolute atomic E-state index is 0.245. The fourth-order valence-corrected chi connectivity index (χ4v) is 16.2. The summed E-state index contributed by atoms with van der Waals surface area (Å²) in [5.41, 5.74) is 13.5. The number of hydrogen-bond donors (Lipinski definition) is 0. The lowest BCUT2D eigenvalue weighted by atomic mass is 9.68. The van der Waals surface area contributed by atoms with Crippen LogP contribution >= 0.6 is 0 Å². The molecule has 1 aliphatic carbocycles. The van der Waals surface area contributed by atoms with Crippen molar-refractivity contribution in [3.8, 4) is 106 Å². The van der Waals surface area contributed by atoms with Crippen LogP contribution in [0.3, 0.4) is 0 Å². The van der Waals surface area contributed by atoms with Gasteiger partial charge < -0.3 is 18.9 Å². The maximum Gasteiger partial charge on any atom is 0.266 e. The van der Waals surface area contributed by atoms with Gasteiger partial charge in [0.2, 0.25) is 0 Å². The lowest BCUT2D eigenvalue weighted by molar-refractivity contribution is 0.0910. The van der Waals surface area contributed by atoms with Crippen LogP contribution in [0.1, 0.15) is 152 Å². The van der Waals surface area contributed by atoms with Crippen LogP contribution in [0.4, 0.5) is 22.7 Å². The van der Waals surface area contributed by atoms with Gasteiger partial charge in [-0.2, -0.15) is 0 Å². The second-order valence-electron chi connectivity index (χ2n) is 29.4. The zero-order valence-electron chi connectivity index (χ0n) is 64.0. The molecule has 4 heterocycles. The number of terminal acetylenes is 4. The van der Waals surface area contributed by atoms with Crippen LogP contribution < -0.4 is 38.5 Å². The average Bonchev–Trinajstić information content (AvgIpc) is 1.53. The van der Waals surface area contributed by atoms with Gasteiger partial charge in [-0.25, -0.2) is 19.6 Å². The zero-order chi connectivity index (χ0) is 82.8. The molecular weight excluding hydrogens is 1500 g/mol. The molecule has 16 heteroatoms. The number of fused-ring (bicyclic) bond motifs is 7.